The van der Waals surface area contributed by atoms with Gasteiger partial charge in [-0.05, 0) is 44.9 Å². The molecule has 1 aromatic heterocycles. The summed E-state index contributed by atoms with van der Waals surface area (Å²) in [5.41, 5.74) is 1.83. The topological polar surface area (TPSA) is 80.6 Å². The van der Waals surface area contributed by atoms with Crippen molar-refractivity contribution in [2.45, 2.75) is 40.2 Å². The molecule has 0 saturated heterocycles. The van der Waals surface area contributed by atoms with Crippen LogP contribution in [0.1, 0.15) is 52.4 Å². The minimum Gasteiger partial charge on any atom is -0.464 e. The largest absolute Gasteiger partial charge is 0.464 e. The highest BCUT2D eigenvalue weighted by Gasteiger charge is 2.32. The molecule has 0 aliphatic rings. The second kappa shape index (κ2) is 9.56. The van der Waals surface area contributed by atoms with Gasteiger partial charge >= 0.3 is 12.0 Å². The van der Waals surface area contributed by atoms with Crippen molar-refractivity contribution >= 4 is 23.5 Å². The average molecular weight is 417 g/mol. The molecule has 1 aromatic carbocycles. The zero-order chi connectivity index (χ0) is 22.6. The fourth-order valence-electron chi connectivity index (χ4n) is 3.54. The van der Waals surface area contributed by atoms with E-state index < -0.39 is 23.9 Å². The van der Waals surface area contributed by atoms with E-state index in [0.717, 1.165) is 0 Å². The highest BCUT2D eigenvalue weighted by atomic mass is 19.1. The van der Waals surface area contributed by atoms with Crippen LogP contribution in [-0.4, -0.2) is 46.9 Å². The lowest BCUT2D eigenvalue weighted by molar-refractivity contribution is 0.0588. The molecule has 0 radical (unpaired) electrons. The SMILES string of the molecule is CCCN(C(=O)Nc1ccccc1F)C(C)C(=O)c1c(C)c(C(=O)OC)n(C)c1C. The Bertz CT molecular complexity index is 968. The Labute approximate surface area is 175 Å². The third-order valence-electron chi connectivity index (χ3n) is 5.24. The number of urea groups is 1. The number of Topliss-reactive ketones (excluding diaryl/α,β-unsaturated/α-hetero) is 1. The van der Waals surface area contributed by atoms with Gasteiger partial charge in [0.05, 0.1) is 18.8 Å². The second-order valence-electron chi connectivity index (χ2n) is 7.13. The number of benzene rings is 1. The van der Waals surface area contributed by atoms with Crippen molar-refractivity contribution in [3.05, 3.63) is 52.6 Å². The number of rotatable bonds is 7. The van der Waals surface area contributed by atoms with Gasteiger partial charge in [0.2, 0.25) is 0 Å². The van der Waals surface area contributed by atoms with Gasteiger partial charge in [-0.2, -0.15) is 0 Å². The Morgan fingerprint density at radius 2 is 1.87 bits per heavy atom. The van der Waals surface area contributed by atoms with Crippen molar-refractivity contribution < 1.29 is 23.5 Å². The molecule has 7 nitrogen and oxygen atoms in total. The number of carbonyl (C=O) groups is 3. The molecule has 0 aliphatic heterocycles. The van der Waals surface area contributed by atoms with E-state index in [4.69, 9.17) is 4.74 Å². The summed E-state index contributed by atoms with van der Waals surface area (Å²) in [5.74, 6) is -1.39. The van der Waals surface area contributed by atoms with Gasteiger partial charge in [-0.15, -0.1) is 0 Å². The third-order valence-corrected chi connectivity index (χ3v) is 5.24. The Kier molecular flexibility index (Phi) is 7.37. The number of para-hydroxylation sites is 1. The zero-order valence-electron chi connectivity index (χ0n) is 18.2. The molecule has 2 amide bonds. The second-order valence-corrected chi connectivity index (χ2v) is 7.13. The van der Waals surface area contributed by atoms with E-state index in [9.17, 15) is 18.8 Å². The molecule has 8 heteroatoms. The van der Waals surface area contributed by atoms with E-state index in [1.54, 1.807) is 38.5 Å². The van der Waals surface area contributed by atoms with Crippen LogP contribution in [-0.2, 0) is 11.8 Å². The first-order valence-electron chi connectivity index (χ1n) is 9.76. The van der Waals surface area contributed by atoms with Crippen LogP contribution in [0.4, 0.5) is 14.9 Å². The van der Waals surface area contributed by atoms with Crippen molar-refractivity contribution in [1.82, 2.24) is 9.47 Å². The number of amides is 2. The van der Waals surface area contributed by atoms with Gasteiger partial charge in [0, 0.05) is 24.8 Å². The Balaban J connectivity index is 2.37. The van der Waals surface area contributed by atoms with Gasteiger partial charge in [-0.25, -0.2) is 14.0 Å². The van der Waals surface area contributed by atoms with Gasteiger partial charge in [0.15, 0.2) is 5.78 Å². The maximum Gasteiger partial charge on any atom is 0.354 e. The number of carbonyl (C=O) groups excluding carboxylic acids is 3. The Hall–Kier alpha value is -3.16. The Morgan fingerprint density at radius 3 is 2.43 bits per heavy atom. The average Bonchev–Trinajstić information content (AvgIpc) is 2.94. The lowest BCUT2D eigenvalue weighted by Crippen LogP contribution is -2.46. The number of halogens is 1. The van der Waals surface area contributed by atoms with Crippen molar-refractivity contribution in [3.8, 4) is 0 Å². The quantitative estimate of drug-likeness (QED) is 0.544. The summed E-state index contributed by atoms with van der Waals surface area (Å²) in [6.45, 7) is 7.24. The summed E-state index contributed by atoms with van der Waals surface area (Å²) in [4.78, 5) is 39.7. The lowest BCUT2D eigenvalue weighted by atomic mass is 10.00. The molecule has 0 spiro atoms. The van der Waals surface area contributed by atoms with Crippen LogP contribution < -0.4 is 5.32 Å². The predicted octanol–water partition coefficient (Wildman–Crippen LogP) is 4.08. The number of anilines is 1. The number of ketones is 1. The van der Waals surface area contributed by atoms with E-state index in [1.807, 2.05) is 6.92 Å². The number of nitrogens with one attached hydrogen (secondary N) is 1. The molecule has 1 heterocycles. The molecule has 1 unspecified atom stereocenters. The normalized spacial score (nSPS) is 11.7. The number of aromatic nitrogens is 1. The molecule has 0 aliphatic carbocycles. The molecule has 2 rings (SSSR count). The van der Waals surface area contributed by atoms with E-state index in [0.29, 0.717) is 35.5 Å². The van der Waals surface area contributed by atoms with Gasteiger partial charge in [0.25, 0.3) is 0 Å². The molecule has 0 bridgehead atoms. The van der Waals surface area contributed by atoms with E-state index in [2.05, 4.69) is 5.32 Å². The van der Waals surface area contributed by atoms with Crippen LogP contribution in [0, 0.1) is 19.7 Å². The molecule has 2 aromatic rings. The van der Waals surface area contributed by atoms with Crippen LogP contribution >= 0.6 is 0 Å². The minimum atomic E-state index is -0.818. The summed E-state index contributed by atoms with van der Waals surface area (Å²) in [6, 6.07) is 4.46. The molecule has 0 fully saturated rings. The monoisotopic (exact) mass is 417 g/mol. The van der Waals surface area contributed by atoms with Crippen molar-refractivity contribution in [1.29, 1.82) is 0 Å². The van der Waals surface area contributed by atoms with Gasteiger partial charge in [-0.1, -0.05) is 19.1 Å². The van der Waals surface area contributed by atoms with Gasteiger partial charge in [0.1, 0.15) is 11.5 Å². The summed E-state index contributed by atoms with van der Waals surface area (Å²) >= 11 is 0. The van der Waals surface area contributed by atoms with Crippen LogP contribution in [0.25, 0.3) is 0 Å². The van der Waals surface area contributed by atoms with E-state index in [-0.39, 0.29) is 11.5 Å². The molecule has 162 valence electrons. The van der Waals surface area contributed by atoms with Crippen LogP contribution in [0.3, 0.4) is 0 Å². The van der Waals surface area contributed by atoms with Gasteiger partial charge in [-0.3, -0.25) is 4.79 Å². The summed E-state index contributed by atoms with van der Waals surface area (Å²) in [7, 11) is 2.97. The maximum absolute atomic E-state index is 13.9. The minimum absolute atomic E-state index is 0.0447. The first-order valence-corrected chi connectivity index (χ1v) is 9.76. The number of methoxy groups -OCH3 is 1. The highest BCUT2D eigenvalue weighted by molar-refractivity contribution is 6.07. The van der Waals surface area contributed by atoms with Gasteiger partial charge < -0.3 is 19.5 Å². The summed E-state index contributed by atoms with van der Waals surface area (Å²) in [5, 5.41) is 2.54. The molecule has 30 heavy (non-hydrogen) atoms. The lowest BCUT2D eigenvalue weighted by Gasteiger charge is -2.28. The van der Waals surface area contributed by atoms with E-state index >= 15 is 0 Å². The summed E-state index contributed by atoms with van der Waals surface area (Å²) < 4.78 is 20.4. The first-order chi connectivity index (χ1) is 14.1. The molecular formula is C22H28FN3O4. The molecule has 1 N–H and O–H groups in total. The van der Waals surface area contributed by atoms with Crippen molar-refractivity contribution in [3.63, 3.8) is 0 Å². The number of nitrogens with zero attached hydrogens (tertiary/aromatic N) is 2. The van der Waals surface area contributed by atoms with Crippen LogP contribution in [0.15, 0.2) is 24.3 Å². The first kappa shape index (κ1) is 23.1. The van der Waals surface area contributed by atoms with Crippen molar-refractivity contribution in [2.75, 3.05) is 19.0 Å². The number of esters is 1. The van der Waals surface area contributed by atoms with Crippen LogP contribution in [0.5, 0.6) is 0 Å². The Morgan fingerprint density at radius 1 is 1.23 bits per heavy atom. The van der Waals surface area contributed by atoms with E-state index in [1.165, 1.54) is 30.2 Å². The standard InChI is InChI=1S/C22H28FN3O4/c1-7-12-26(22(29)24-17-11-9-8-10-16(17)23)15(4)20(27)18-13(2)19(21(28)30-6)25(5)14(18)3/h8-11,15H,7,12H2,1-6H3,(H,24,29). The number of hydrogen-bond donors (Lipinski definition) is 1. The summed E-state index contributed by atoms with van der Waals surface area (Å²) in [6.07, 6.45) is 0.614. The fraction of sp³-hybridized carbons (Fsp3) is 0.409. The predicted molar refractivity (Wildman–Crippen MR) is 112 cm³/mol. The zero-order valence-corrected chi connectivity index (χ0v) is 18.2. The molecule has 1 atom stereocenters. The van der Waals surface area contributed by atoms with Crippen molar-refractivity contribution in [2.24, 2.45) is 7.05 Å². The number of hydrogen-bond acceptors (Lipinski definition) is 4. The highest BCUT2D eigenvalue weighted by Crippen LogP contribution is 2.25. The smallest absolute Gasteiger partial charge is 0.354 e. The fourth-order valence-corrected chi connectivity index (χ4v) is 3.54. The van der Waals surface area contributed by atoms with Crippen LogP contribution in [0.2, 0.25) is 0 Å². The third kappa shape index (κ3) is 4.37. The molecule has 0 saturated carbocycles. The molecular weight excluding hydrogens is 389 g/mol. The number of ether oxygens (including phenoxy) is 1. The maximum atomic E-state index is 13.9.